The highest BCUT2D eigenvalue weighted by atomic mass is 35.5. The van der Waals surface area contributed by atoms with Crippen molar-refractivity contribution >= 4 is 17.5 Å². The van der Waals surface area contributed by atoms with Crippen LogP contribution < -0.4 is 0 Å². The van der Waals surface area contributed by atoms with Gasteiger partial charge in [-0.3, -0.25) is 4.79 Å². The normalized spacial score (nSPS) is 33.1. The van der Waals surface area contributed by atoms with Crippen LogP contribution in [-0.2, 0) is 9.53 Å². The molecule has 0 aromatic carbocycles. The van der Waals surface area contributed by atoms with Gasteiger partial charge in [0, 0.05) is 37.9 Å². The second kappa shape index (κ2) is 4.92. The molecule has 1 aliphatic heterocycles. The Morgan fingerprint density at radius 1 is 1.62 bits per heavy atom. The number of carbonyl (C=O) groups excluding carboxylic acids is 1. The van der Waals surface area contributed by atoms with Gasteiger partial charge in [0.1, 0.15) is 0 Å². The minimum Gasteiger partial charge on any atom is -0.384 e. The first-order valence-electron chi connectivity index (χ1n) is 6.04. The number of halogens is 1. The molecule has 1 amide bonds. The number of rotatable bonds is 4. The van der Waals surface area contributed by atoms with Crippen LogP contribution >= 0.6 is 11.6 Å². The Bertz CT molecular complexity index is 272. The van der Waals surface area contributed by atoms with Crippen molar-refractivity contribution in [3.8, 4) is 0 Å². The molecule has 0 radical (unpaired) electrons. The summed E-state index contributed by atoms with van der Waals surface area (Å²) in [5.41, 5.74) is 0.247. The molecule has 16 heavy (non-hydrogen) atoms. The molecule has 92 valence electrons. The zero-order chi connectivity index (χ0) is 11.6. The van der Waals surface area contributed by atoms with Crippen molar-refractivity contribution in [1.82, 2.24) is 4.90 Å². The lowest BCUT2D eigenvalue weighted by Gasteiger charge is -2.27. The standard InChI is InChI=1S/C12H20ClNO2/c1-16-9-12-5-2-3-10(12)7-14(8-12)11(15)4-6-13/h10H,2-9H2,1H3/t10-,12+/m1/s1. The van der Waals surface area contributed by atoms with Gasteiger partial charge in [0.2, 0.25) is 5.91 Å². The van der Waals surface area contributed by atoms with Gasteiger partial charge in [-0.05, 0) is 18.8 Å². The van der Waals surface area contributed by atoms with E-state index in [0.717, 1.165) is 19.7 Å². The maximum atomic E-state index is 11.8. The van der Waals surface area contributed by atoms with Crippen molar-refractivity contribution in [2.24, 2.45) is 11.3 Å². The van der Waals surface area contributed by atoms with Gasteiger partial charge in [-0.2, -0.15) is 0 Å². The fraction of sp³-hybridized carbons (Fsp3) is 0.917. The van der Waals surface area contributed by atoms with E-state index in [-0.39, 0.29) is 11.3 Å². The third-order valence-electron chi connectivity index (χ3n) is 4.13. The van der Waals surface area contributed by atoms with Gasteiger partial charge >= 0.3 is 0 Å². The molecule has 2 rings (SSSR count). The molecule has 1 saturated carbocycles. The summed E-state index contributed by atoms with van der Waals surface area (Å²) in [5, 5.41) is 0. The molecule has 1 saturated heterocycles. The van der Waals surface area contributed by atoms with E-state index in [2.05, 4.69) is 0 Å². The Hall–Kier alpha value is -0.280. The van der Waals surface area contributed by atoms with E-state index in [4.69, 9.17) is 16.3 Å². The van der Waals surface area contributed by atoms with Crippen LogP contribution in [0.1, 0.15) is 25.7 Å². The summed E-state index contributed by atoms with van der Waals surface area (Å²) in [6, 6.07) is 0. The summed E-state index contributed by atoms with van der Waals surface area (Å²) < 4.78 is 5.35. The molecule has 0 aromatic rings. The van der Waals surface area contributed by atoms with Crippen molar-refractivity contribution in [2.75, 3.05) is 32.7 Å². The number of ether oxygens (including phenoxy) is 1. The lowest BCUT2D eigenvalue weighted by atomic mass is 9.82. The molecule has 0 bridgehead atoms. The van der Waals surface area contributed by atoms with E-state index in [1.807, 2.05) is 4.90 Å². The summed E-state index contributed by atoms with van der Waals surface area (Å²) in [4.78, 5) is 13.8. The first kappa shape index (κ1) is 12.2. The molecule has 2 atom stereocenters. The van der Waals surface area contributed by atoms with Crippen LogP contribution in [0.25, 0.3) is 0 Å². The molecule has 0 aromatic heterocycles. The number of amides is 1. The fourth-order valence-electron chi connectivity index (χ4n) is 3.37. The zero-order valence-corrected chi connectivity index (χ0v) is 10.6. The van der Waals surface area contributed by atoms with Crippen LogP contribution in [0.2, 0.25) is 0 Å². The predicted octanol–water partition coefficient (Wildman–Crippen LogP) is 1.89. The first-order valence-corrected chi connectivity index (χ1v) is 6.58. The molecular formula is C12H20ClNO2. The Balaban J connectivity index is 2.01. The molecule has 2 aliphatic rings. The van der Waals surface area contributed by atoms with Crippen LogP contribution in [0.4, 0.5) is 0 Å². The molecular weight excluding hydrogens is 226 g/mol. The SMILES string of the molecule is COC[C@@]12CCC[C@@H]1CN(C(=O)CCCl)C2. The van der Waals surface area contributed by atoms with E-state index in [1.165, 1.54) is 19.3 Å². The lowest BCUT2D eigenvalue weighted by Crippen LogP contribution is -2.34. The van der Waals surface area contributed by atoms with Crippen LogP contribution in [0, 0.1) is 11.3 Å². The van der Waals surface area contributed by atoms with E-state index >= 15 is 0 Å². The third kappa shape index (κ3) is 2.07. The Morgan fingerprint density at radius 2 is 2.44 bits per heavy atom. The van der Waals surface area contributed by atoms with Gasteiger partial charge < -0.3 is 9.64 Å². The van der Waals surface area contributed by atoms with Crippen LogP contribution in [0.5, 0.6) is 0 Å². The molecule has 2 fully saturated rings. The smallest absolute Gasteiger partial charge is 0.223 e. The number of nitrogens with zero attached hydrogens (tertiary/aromatic N) is 1. The number of alkyl halides is 1. The average molecular weight is 246 g/mol. The van der Waals surface area contributed by atoms with E-state index in [1.54, 1.807) is 7.11 Å². The molecule has 3 nitrogen and oxygen atoms in total. The minimum atomic E-state index is 0.208. The van der Waals surface area contributed by atoms with Crippen LogP contribution in [0.15, 0.2) is 0 Å². The molecule has 4 heteroatoms. The van der Waals surface area contributed by atoms with Crippen molar-refractivity contribution in [3.05, 3.63) is 0 Å². The highest BCUT2D eigenvalue weighted by Crippen LogP contribution is 2.48. The second-order valence-corrected chi connectivity index (χ2v) is 5.48. The van der Waals surface area contributed by atoms with Crippen LogP contribution in [-0.4, -0.2) is 43.5 Å². The van der Waals surface area contributed by atoms with Crippen molar-refractivity contribution in [3.63, 3.8) is 0 Å². The molecule has 1 heterocycles. The topological polar surface area (TPSA) is 29.5 Å². The molecule has 0 spiro atoms. The third-order valence-corrected chi connectivity index (χ3v) is 4.32. The van der Waals surface area contributed by atoms with E-state index in [0.29, 0.717) is 18.2 Å². The highest BCUT2D eigenvalue weighted by Gasteiger charge is 2.50. The number of likely N-dealkylation sites (tertiary alicyclic amines) is 1. The summed E-state index contributed by atoms with van der Waals surface area (Å²) in [6.45, 7) is 2.59. The van der Waals surface area contributed by atoms with Gasteiger partial charge in [0.05, 0.1) is 6.61 Å². The van der Waals surface area contributed by atoms with Crippen molar-refractivity contribution < 1.29 is 9.53 Å². The Labute approximate surface area is 102 Å². The van der Waals surface area contributed by atoms with E-state index in [9.17, 15) is 4.79 Å². The Kier molecular flexibility index (Phi) is 3.75. The minimum absolute atomic E-state index is 0.208. The van der Waals surface area contributed by atoms with E-state index < -0.39 is 0 Å². The van der Waals surface area contributed by atoms with Crippen molar-refractivity contribution in [1.29, 1.82) is 0 Å². The maximum absolute atomic E-state index is 11.8. The molecule has 1 aliphatic carbocycles. The molecule has 0 unspecified atom stereocenters. The van der Waals surface area contributed by atoms with Gasteiger partial charge in [-0.25, -0.2) is 0 Å². The van der Waals surface area contributed by atoms with Gasteiger partial charge in [0.25, 0.3) is 0 Å². The number of methoxy groups -OCH3 is 1. The van der Waals surface area contributed by atoms with Gasteiger partial charge in [0.15, 0.2) is 0 Å². The maximum Gasteiger partial charge on any atom is 0.223 e. The molecule has 0 N–H and O–H groups in total. The number of hydrogen-bond acceptors (Lipinski definition) is 2. The predicted molar refractivity (Wildman–Crippen MR) is 63.6 cm³/mol. The summed E-state index contributed by atoms with van der Waals surface area (Å²) >= 11 is 5.62. The quantitative estimate of drug-likeness (QED) is 0.708. The van der Waals surface area contributed by atoms with Crippen molar-refractivity contribution in [2.45, 2.75) is 25.7 Å². The van der Waals surface area contributed by atoms with Gasteiger partial charge in [-0.15, -0.1) is 11.6 Å². The van der Waals surface area contributed by atoms with Crippen LogP contribution in [0.3, 0.4) is 0 Å². The zero-order valence-electron chi connectivity index (χ0n) is 9.88. The fourth-order valence-corrected chi connectivity index (χ4v) is 3.53. The second-order valence-electron chi connectivity index (χ2n) is 5.10. The number of fused-ring (bicyclic) bond motifs is 1. The lowest BCUT2D eigenvalue weighted by molar-refractivity contribution is -0.130. The first-order chi connectivity index (χ1) is 7.72. The Morgan fingerprint density at radius 3 is 3.12 bits per heavy atom. The largest absolute Gasteiger partial charge is 0.384 e. The average Bonchev–Trinajstić information content (AvgIpc) is 2.74. The summed E-state index contributed by atoms with van der Waals surface area (Å²) in [6.07, 6.45) is 4.20. The summed E-state index contributed by atoms with van der Waals surface area (Å²) in [7, 11) is 1.76. The number of carbonyl (C=O) groups is 1. The number of hydrogen-bond donors (Lipinski definition) is 0. The monoisotopic (exact) mass is 245 g/mol. The highest BCUT2D eigenvalue weighted by molar-refractivity contribution is 6.18. The summed E-state index contributed by atoms with van der Waals surface area (Å²) in [5.74, 6) is 1.28. The van der Waals surface area contributed by atoms with Gasteiger partial charge in [-0.1, -0.05) is 6.42 Å².